The molecule has 1 aromatic rings. The first kappa shape index (κ1) is 15.5. The molecule has 1 aliphatic heterocycles. The lowest BCUT2D eigenvalue weighted by molar-refractivity contribution is 0.295. The highest BCUT2D eigenvalue weighted by Crippen LogP contribution is 2.18. The molecule has 2 atom stereocenters. The zero-order valence-corrected chi connectivity index (χ0v) is 13.4. The molecule has 0 bridgehead atoms. The maximum absolute atomic E-state index is 3.83. The molecule has 1 saturated heterocycles. The first-order valence-corrected chi connectivity index (χ1v) is 8.30. The summed E-state index contributed by atoms with van der Waals surface area (Å²) in [5.74, 6) is 0. The van der Waals surface area contributed by atoms with E-state index in [-0.39, 0.29) is 0 Å². The van der Waals surface area contributed by atoms with Crippen LogP contribution in [0.4, 0.5) is 0 Å². The Balaban J connectivity index is 1.88. The summed E-state index contributed by atoms with van der Waals surface area (Å²) >= 11 is 0. The van der Waals surface area contributed by atoms with Gasteiger partial charge in [0.25, 0.3) is 0 Å². The fourth-order valence-electron chi connectivity index (χ4n) is 3.13. The molecule has 1 aromatic carbocycles. The van der Waals surface area contributed by atoms with Crippen molar-refractivity contribution in [2.75, 3.05) is 19.6 Å². The van der Waals surface area contributed by atoms with Crippen molar-refractivity contribution in [2.45, 2.75) is 58.5 Å². The predicted molar refractivity (Wildman–Crippen MR) is 87.1 cm³/mol. The minimum absolute atomic E-state index is 0.457. The summed E-state index contributed by atoms with van der Waals surface area (Å²) in [5.41, 5.74) is 2.84. The van der Waals surface area contributed by atoms with Crippen molar-refractivity contribution in [3.8, 4) is 0 Å². The van der Waals surface area contributed by atoms with Gasteiger partial charge < -0.3 is 10.2 Å². The van der Waals surface area contributed by atoms with E-state index in [1.165, 1.54) is 50.0 Å². The van der Waals surface area contributed by atoms with Crippen molar-refractivity contribution in [1.29, 1.82) is 0 Å². The van der Waals surface area contributed by atoms with Crippen LogP contribution in [0.15, 0.2) is 24.3 Å². The van der Waals surface area contributed by atoms with Crippen LogP contribution in [0.2, 0.25) is 0 Å². The normalized spacial score (nSPS) is 22.4. The Hall–Kier alpha value is -0.860. The van der Waals surface area contributed by atoms with E-state index in [4.69, 9.17) is 0 Å². The van der Waals surface area contributed by atoms with Gasteiger partial charge in [0.2, 0.25) is 0 Å². The number of nitrogens with one attached hydrogen (secondary N) is 1. The second kappa shape index (κ2) is 7.80. The van der Waals surface area contributed by atoms with Gasteiger partial charge in [0.05, 0.1) is 0 Å². The molecule has 1 N–H and O–H groups in total. The highest BCUT2D eigenvalue weighted by Gasteiger charge is 2.18. The Kier molecular flexibility index (Phi) is 6.06. The lowest BCUT2D eigenvalue weighted by Gasteiger charge is -2.23. The zero-order valence-electron chi connectivity index (χ0n) is 13.4. The van der Waals surface area contributed by atoms with Crippen LogP contribution in [0.1, 0.15) is 57.2 Å². The molecule has 2 unspecified atom stereocenters. The van der Waals surface area contributed by atoms with Crippen LogP contribution in [0.25, 0.3) is 0 Å². The van der Waals surface area contributed by atoms with Gasteiger partial charge in [-0.1, -0.05) is 38.1 Å². The van der Waals surface area contributed by atoms with Crippen molar-refractivity contribution in [1.82, 2.24) is 10.2 Å². The van der Waals surface area contributed by atoms with Crippen LogP contribution in [0.3, 0.4) is 0 Å². The van der Waals surface area contributed by atoms with Crippen LogP contribution in [-0.4, -0.2) is 30.6 Å². The first-order chi connectivity index (χ1) is 9.72. The molecule has 0 aromatic heterocycles. The topological polar surface area (TPSA) is 15.3 Å². The number of likely N-dealkylation sites (tertiary alicyclic amines) is 1. The molecule has 0 spiro atoms. The van der Waals surface area contributed by atoms with Gasteiger partial charge in [0.1, 0.15) is 0 Å². The summed E-state index contributed by atoms with van der Waals surface area (Å²) in [4.78, 5) is 2.57. The highest BCUT2D eigenvalue weighted by atomic mass is 15.1. The Morgan fingerprint density at radius 1 is 1.15 bits per heavy atom. The third-order valence-electron chi connectivity index (χ3n) is 4.64. The predicted octanol–water partition coefficient (Wildman–Crippen LogP) is 3.77. The van der Waals surface area contributed by atoms with Gasteiger partial charge in [0, 0.05) is 12.1 Å². The molecule has 112 valence electrons. The Labute approximate surface area is 124 Å². The Morgan fingerprint density at radius 2 is 1.90 bits per heavy atom. The fraction of sp³-hybridized carbons (Fsp3) is 0.667. The van der Waals surface area contributed by atoms with Gasteiger partial charge in [-0.25, -0.2) is 0 Å². The van der Waals surface area contributed by atoms with Crippen molar-refractivity contribution in [3.05, 3.63) is 35.4 Å². The van der Waals surface area contributed by atoms with Crippen LogP contribution in [0.5, 0.6) is 0 Å². The molecule has 0 amide bonds. The van der Waals surface area contributed by atoms with Gasteiger partial charge in [-0.3, -0.25) is 0 Å². The van der Waals surface area contributed by atoms with Gasteiger partial charge in [-0.05, 0) is 63.4 Å². The third-order valence-corrected chi connectivity index (χ3v) is 4.64. The van der Waals surface area contributed by atoms with E-state index in [9.17, 15) is 0 Å². The maximum Gasteiger partial charge on any atom is 0.0294 e. The number of hydrogen-bond acceptors (Lipinski definition) is 2. The molecular formula is C18H30N2. The first-order valence-electron chi connectivity index (χ1n) is 8.30. The van der Waals surface area contributed by atoms with Crippen molar-refractivity contribution in [2.24, 2.45) is 0 Å². The summed E-state index contributed by atoms with van der Waals surface area (Å²) < 4.78 is 0. The standard InChI is InChI=1S/C18H30N2/c1-4-16-8-10-17(11-9-16)15(3)19-18-7-6-13-20(5-2)14-12-18/h8-11,15,18-19H,4-7,12-14H2,1-3H3. The quantitative estimate of drug-likeness (QED) is 0.879. The van der Waals surface area contributed by atoms with Crippen molar-refractivity contribution in [3.63, 3.8) is 0 Å². The lowest BCUT2D eigenvalue weighted by Crippen LogP contribution is -2.33. The molecule has 0 saturated carbocycles. The van der Waals surface area contributed by atoms with Crippen LogP contribution in [0, 0.1) is 0 Å². The number of aryl methyl sites for hydroxylation is 1. The van der Waals surface area contributed by atoms with Crippen LogP contribution >= 0.6 is 0 Å². The largest absolute Gasteiger partial charge is 0.307 e. The Morgan fingerprint density at radius 3 is 2.55 bits per heavy atom. The fourth-order valence-corrected chi connectivity index (χ4v) is 3.13. The van der Waals surface area contributed by atoms with E-state index in [2.05, 4.69) is 55.3 Å². The summed E-state index contributed by atoms with van der Waals surface area (Å²) in [6, 6.07) is 10.2. The number of benzene rings is 1. The van der Waals surface area contributed by atoms with Gasteiger partial charge >= 0.3 is 0 Å². The van der Waals surface area contributed by atoms with Gasteiger partial charge in [0.15, 0.2) is 0 Å². The van der Waals surface area contributed by atoms with E-state index < -0.39 is 0 Å². The molecule has 1 heterocycles. The van der Waals surface area contributed by atoms with Crippen LogP contribution in [-0.2, 0) is 6.42 Å². The third kappa shape index (κ3) is 4.32. The number of rotatable bonds is 5. The van der Waals surface area contributed by atoms with E-state index in [0.717, 1.165) is 6.42 Å². The molecule has 0 aliphatic carbocycles. The second-order valence-corrected chi connectivity index (χ2v) is 6.05. The zero-order chi connectivity index (χ0) is 14.4. The van der Waals surface area contributed by atoms with E-state index in [1.54, 1.807) is 0 Å². The molecule has 2 nitrogen and oxygen atoms in total. The number of hydrogen-bond donors (Lipinski definition) is 1. The second-order valence-electron chi connectivity index (χ2n) is 6.05. The molecule has 0 radical (unpaired) electrons. The highest BCUT2D eigenvalue weighted by molar-refractivity contribution is 5.24. The minimum Gasteiger partial charge on any atom is -0.307 e. The SMILES string of the molecule is CCc1ccc(C(C)NC2CCCN(CC)CC2)cc1. The van der Waals surface area contributed by atoms with E-state index in [0.29, 0.717) is 12.1 Å². The summed E-state index contributed by atoms with van der Waals surface area (Å²) in [5, 5.41) is 3.83. The average molecular weight is 274 g/mol. The van der Waals surface area contributed by atoms with E-state index in [1.807, 2.05) is 0 Å². The number of nitrogens with zero attached hydrogens (tertiary/aromatic N) is 1. The van der Waals surface area contributed by atoms with Crippen LogP contribution < -0.4 is 5.32 Å². The molecule has 2 rings (SSSR count). The molecule has 2 heteroatoms. The summed E-state index contributed by atoms with van der Waals surface area (Å²) in [6.07, 6.45) is 5.05. The molecule has 1 aliphatic rings. The van der Waals surface area contributed by atoms with E-state index >= 15 is 0 Å². The van der Waals surface area contributed by atoms with Gasteiger partial charge in [-0.15, -0.1) is 0 Å². The monoisotopic (exact) mass is 274 g/mol. The minimum atomic E-state index is 0.457. The molecular weight excluding hydrogens is 244 g/mol. The lowest BCUT2D eigenvalue weighted by atomic mass is 10.0. The van der Waals surface area contributed by atoms with Gasteiger partial charge in [-0.2, -0.15) is 0 Å². The average Bonchev–Trinajstić information content (AvgIpc) is 2.72. The van der Waals surface area contributed by atoms with Crippen molar-refractivity contribution >= 4 is 0 Å². The summed E-state index contributed by atoms with van der Waals surface area (Å²) in [6.45, 7) is 10.5. The summed E-state index contributed by atoms with van der Waals surface area (Å²) in [7, 11) is 0. The smallest absolute Gasteiger partial charge is 0.0294 e. The molecule has 20 heavy (non-hydrogen) atoms. The van der Waals surface area contributed by atoms with Crippen molar-refractivity contribution < 1.29 is 0 Å². The Bertz CT molecular complexity index is 385. The maximum atomic E-state index is 3.83. The molecule has 1 fully saturated rings.